The highest BCUT2D eigenvalue weighted by Crippen LogP contribution is 2.14. The van der Waals surface area contributed by atoms with Crippen molar-refractivity contribution in [2.45, 2.75) is 0 Å². The summed E-state index contributed by atoms with van der Waals surface area (Å²) in [6, 6.07) is 3.44. The summed E-state index contributed by atoms with van der Waals surface area (Å²) in [6.07, 6.45) is 0.724. The quantitative estimate of drug-likeness (QED) is 0.461. The van der Waals surface area contributed by atoms with Gasteiger partial charge in [-0.25, -0.2) is 4.98 Å². The van der Waals surface area contributed by atoms with Crippen LogP contribution >= 0.6 is 22.6 Å². The smallest absolute Gasteiger partial charge is 0.224 e. The van der Waals surface area contributed by atoms with E-state index in [1.807, 2.05) is 0 Å². The van der Waals surface area contributed by atoms with E-state index in [0.717, 1.165) is 9.99 Å². The molecule has 0 aliphatic heterocycles. The summed E-state index contributed by atoms with van der Waals surface area (Å²) in [5.74, 6) is 0.381. The molecule has 1 aromatic heterocycles. The van der Waals surface area contributed by atoms with E-state index in [2.05, 4.69) is 27.6 Å². The number of aldehydes is 1. The number of hydrogen-bond acceptors (Lipinski definition) is 3. The number of halogens is 1. The Morgan fingerprint density at radius 1 is 1.64 bits per heavy atom. The van der Waals surface area contributed by atoms with Gasteiger partial charge in [0.15, 0.2) is 6.29 Å². The molecule has 0 saturated heterocycles. The van der Waals surface area contributed by atoms with Crippen LogP contribution in [0.1, 0.15) is 10.4 Å². The number of ether oxygens (including phenoxy) is 1. The van der Waals surface area contributed by atoms with E-state index in [1.165, 1.54) is 7.11 Å². The van der Waals surface area contributed by atoms with Gasteiger partial charge in [-0.05, 0) is 34.7 Å². The van der Waals surface area contributed by atoms with E-state index in [1.54, 1.807) is 12.1 Å². The van der Waals surface area contributed by atoms with Crippen LogP contribution in [0, 0.1) is 3.70 Å². The molecule has 0 saturated carbocycles. The monoisotopic (exact) mass is 263 g/mol. The first-order chi connectivity index (χ1) is 5.27. The average Bonchev–Trinajstić information content (AvgIpc) is 2.04. The zero-order chi connectivity index (χ0) is 8.27. The van der Waals surface area contributed by atoms with Crippen molar-refractivity contribution in [1.29, 1.82) is 0 Å². The highest BCUT2D eigenvalue weighted by atomic mass is 127. The summed E-state index contributed by atoms with van der Waals surface area (Å²) in [5, 5.41) is 0. The summed E-state index contributed by atoms with van der Waals surface area (Å²) in [4.78, 5) is 14.4. The van der Waals surface area contributed by atoms with Crippen molar-refractivity contribution in [3.8, 4) is 5.88 Å². The van der Waals surface area contributed by atoms with Gasteiger partial charge in [0.05, 0.1) is 12.7 Å². The van der Waals surface area contributed by atoms with Crippen LogP contribution in [-0.2, 0) is 0 Å². The van der Waals surface area contributed by atoms with Gasteiger partial charge in [-0.15, -0.1) is 0 Å². The molecule has 1 aromatic rings. The standard InChI is InChI=1S/C7H6INO2/c1-11-7-5(4-10)2-3-6(8)9-7/h2-4H,1H3. The fourth-order valence-electron chi connectivity index (χ4n) is 0.682. The van der Waals surface area contributed by atoms with Crippen molar-refractivity contribution >= 4 is 28.9 Å². The van der Waals surface area contributed by atoms with E-state index >= 15 is 0 Å². The first-order valence-corrected chi connectivity index (χ1v) is 4.01. The van der Waals surface area contributed by atoms with E-state index < -0.39 is 0 Å². The summed E-state index contributed by atoms with van der Waals surface area (Å²) in [7, 11) is 1.49. The van der Waals surface area contributed by atoms with Crippen LogP contribution in [0.5, 0.6) is 5.88 Å². The summed E-state index contributed by atoms with van der Waals surface area (Å²) in [5.41, 5.74) is 0.480. The molecule has 4 heteroatoms. The topological polar surface area (TPSA) is 39.2 Å². The molecular weight excluding hydrogens is 257 g/mol. The Bertz CT molecular complexity index is 275. The van der Waals surface area contributed by atoms with Gasteiger partial charge in [-0.1, -0.05) is 0 Å². The highest BCUT2D eigenvalue weighted by molar-refractivity contribution is 14.1. The number of pyridine rings is 1. The van der Waals surface area contributed by atoms with Crippen molar-refractivity contribution in [2.75, 3.05) is 7.11 Å². The van der Waals surface area contributed by atoms with Gasteiger partial charge in [0, 0.05) is 0 Å². The Kier molecular flexibility index (Phi) is 2.81. The van der Waals surface area contributed by atoms with Gasteiger partial charge in [0.25, 0.3) is 0 Å². The van der Waals surface area contributed by atoms with E-state index in [9.17, 15) is 4.79 Å². The third-order valence-corrected chi connectivity index (χ3v) is 1.78. The molecule has 0 aromatic carbocycles. The van der Waals surface area contributed by atoms with E-state index in [-0.39, 0.29) is 0 Å². The number of carbonyl (C=O) groups excluding carboxylic acids is 1. The lowest BCUT2D eigenvalue weighted by Gasteiger charge is -2.00. The highest BCUT2D eigenvalue weighted by Gasteiger charge is 2.02. The van der Waals surface area contributed by atoms with Gasteiger partial charge in [0.1, 0.15) is 3.70 Å². The molecule has 11 heavy (non-hydrogen) atoms. The predicted octanol–water partition coefficient (Wildman–Crippen LogP) is 1.51. The van der Waals surface area contributed by atoms with Gasteiger partial charge >= 0.3 is 0 Å². The maximum atomic E-state index is 10.4. The number of carbonyl (C=O) groups is 1. The number of aromatic nitrogens is 1. The molecule has 0 spiro atoms. The van der Waals surface area contributed by atoms with Gasteiger partial charge in [-0.2, -0.15) is 0 Å². The molecule has 0 unspecified atom stereocenters. The van der Waals surface area contributed by atoms with Crippen LogP contribution in [0.4, 0.5) is 0 Å². The maximum absolute atomic E-state index is 10.4. The van der Waals surface area contributed by atoms with Crippen LogP contribution in [0.25, 0.3) is 0 Å². The molecule has 0 radical (unpaired) electrons. The Hall–Kier alpha value is -0.650. The lowest BCUT2D eigenvalue weighted by Crippen LogP contribution is -1.94. The molecule has 0 aliphatic carbocycles. The van der Waals surface area contributed by atoms with Crippen LogP contribution in [0.2, 0.25) is 0 Å². The Morgan fingerprint density at radius 2 is 2.36 bits per heavy atom. The second-order valence-corrected chi connectivity index (χ2v) is 2.96. The van der Waals surface area contributed by atoms with Crippen molar-refractivity contribution < 1.29 is 9.53 Å². The SMILES string of the molecule is COc1nc(I)ccc1C=O. The number of methoxy groups -OCH3 is 1. The maximum Gasteiger partial charge on any atom is 0.224 e. The minimum Gasteiger partial charge on any atom is -0.480 e. The molecule has 0 atom stereocenters. The molecular formula is C7H6INO2. The van der Waals surface area contributed by atoms with Gasteiger partial charge in [-0.3, -0.25) is 4.79 Å². The van der Waals surface area contributed by atoms with Crippen molar-refractivity contribution in [1.82, 2.24) is 4.98 Å². The third-order valence-electron chi connectivity index (χ3n) is 1.18. The van der Waals surface area contributed by atoms with E-state index in [0.29, 0.717) is 11.4 Å². The predicted molar refractivity (Wildman–Crippen MR) is 48.9 cm³/mol. The van der Waals surface area contributed by atoms with Crippen LogP contribution in [0.15, 0.2) is 12.1 Å². The molecule has 0 bridgehead atoms. The lowest BCUT2D eigenvalue weighted by molar-refractivity contribution is 0.112. The third kappa shape index (κ3) is 1.89. The molecule has 58 valence electrons. The Morgan fingerprint density at radius 3 is 2.91 bits per heavy atom. The zero-order valence-electron chi connectivity index (χ0n) is 5.87. The van der Waals surface area contributed by atoms with Crippen LogP contribution in [0.3, 0.4) is 0 Å². The molecule has 0 amide bonds. The Balaban J connectivity index is 3.16. The molecule has 1 heterocycles. The number of rotatable bonds is 2. The average molecular weight is 263 g/mol. The molecule has 0 aliphatic rings. The summed E-state index contributed by atoms with van der Waals surface area (Å²) >= 11 is 2.05. The lowest BCUT2D eigenvalue weighted by atomic mass is 10.3. The zero-order valence-corrected chi connectivity index (χ0v) is 8.03. The van der Waals surface area contributed by atoms with Crippen molar-refractivity contribution in [3.63, 3.8) is 0 Å². The number of hydrogen-bond donors (Lipinski definition) is 0. The van der Waals surface area contributed by atoms with Gasteiger partial charge in [0.2, 0.25) is 5.88 Å². The van der Waals surface area contributed by atoms with Gasteiger partial charge < -0.3 is 4.74 Å². The first kappa shape index (κ1) is 8.45. The van der Waals surface area contributed by atoms with Crippen molar-refractivity contribution in [2.24, 2.45) is 0 Å². The first-order valence-electron chi connectivity index (χ1n) is 2.93. The second kappa shape index (κ2) is 3.66. The minimum absolute atomic E-state index is 0.381. The fraction of sp³-hybridized carbons (Fsp3) is 0.143. The molecule has 1 rings (SSSR count). The Labute approximate surface area is 77.9 Å². The van der Waals surface area contributed by atoms with Crippen LogP contribution < -0.4 is 4.74 Å². The fourth-order valence-corrected chi connectivity index (χ4v) is 1.08. The minimum atomic E-state index is 0.381. The molecule has 3 nitrogen and oxygen atoms in total. The second-order valence-electron chi connectivity index (χ2n) is 1.85. The van der Waals surface area contributed by atoms with Crippen LogP contribution in [-0.4, -0.2) is 18.4 Å². The van der Waals surface area contributed by atoms with Crippen molar-refractivity contribution in [3.05, 3.63) is 21.4 Å². The molecule has 0 N–H and O–H groups in total. The molecule has 0 fully saturated rings. The largest absolute Gasteiger partial charge is 0.480 e. The summed E-state index contributed by atoms with van der Waals surface area (Å²) in [6.45, 7) is 0. The summed E-state index contributed by atoms with van der Waals surface area (Å²) < 4.78 is 5.68. The normalized spacial score (nSPS) is 9.27. The number of nitrogens with zero attached hydrogens (tertiary/aromatic N) is 1. The van der Waals surface area contributed by atoms with E-state index in [4.69, 9.17) is 4.74 Å².